The number of hydrogen-bond donors (Lipinski definition) is 1. The van der Waals surface area contributed by atoms with Crippen molar-refractivity contribution >= 4 is 23.3 Å². The third-order valence-electron chi connectivity index (χ3n) is 2.92. The Balaban J connectivity index is 2.66. The summed E-state index contributed by atoms with van der Waals surface area (Å²) in [6.45, 7) is 6.66. The maximum Gasteiger partial charge on any atom is 0.244 e. The summed E-state index contributed by atoms with van der Waals surface area (Å²) in [5, 5.41) is 2.70. The van der Waals surface area contributed by atoms with Gasteiger partial charge in [-0.15, -0.1) is 0 Å². The van der Waals surface area contributed by atoms with Crippen molar-refractivity contribution in [2.45, 2.75) is 33.7 Å². The minimum Gasteiger partial charge on any atom is -0.331 e. The number of rotatable bonds is 5. The smallest absolute Gasteiger partial charge is 0.244 e. The van der Waals surface area contributed by atoms with Gasteiger partial charge in [-0.05, 0) is 45.0 Å². The van der Waals surface area contributed by atoms with E-state index in [-0.39, 0.29) is 30.2 Å². The summed E-state index contributed by atoms with van der Waals surface area (Å²) in [6.07, 6.45) is 0. The number of anilines is 1. The van der Waals surface area contributed by atoms with Gasteiger partial charge in [0.05, 0.1) is 0 Å². The number of nitrogens with zero attached hydrogens (tertiary/aromatic N) is 1. The highest BCUT2D eigenvalue weighted by Gasteiger charge is 2.16. The summed E-state index contributed by atoms with van der Waals surface area (Å²) in [4.78, 5) is 35.9. The molecule has 20 heavy (non-hydrogen) atoms. The van der Waals surface area contributed by atoms with Crippen LogP contribution in [-0.4, -0.2) is 35.1 Å². The quantitative estimate of drug-likeness (QED) is 0.837. The van der Waals surface area contributed by atoms with E-state index in [4.69, 9.17) is 0 Å². The molecule has 0 saturated carbocycles. The Labute approximate surface area is 119 Å². The molecule has 0 atom stereocenters. The van der Waals surface area contributed by atoms with Crippen LogP contribution in [0.2, 0.25) is 0 Å². The van der Waals surface area contributed by atoms with Crippen molar-refractivity contribution in [2.75, 3.05) is 11.9 Å². The van der Waals surface area contributed by atoms with E-state index in [0.717, 1.165) is 0 Å². The fourth-order valence-electron chi connectivity index (χ4n) is 1.80. The van der Waals surface area contributed by atoms with Crippen molar-refractivity contribution in [2.24, 2.45) is 0 Å². The average molecular weight is 276 g/mol. The molecule has 5 heteroatoms. The number of carbonyl (C=O) groups excluding carboxylic acids is 3. The van der Waals surface area contributed by atoms with Crippen molar-refractivity contribution in [3.05, 3.63) is 29.8 Å². The topological polar surface area (TPSA) is 66.5 Å². The molecule has 0 unspecified atom stereocenters. The minimum atomic E-state index is -0.260. The zero-order valence-corrected chi connectivity index (χ0v) is 12.3. The fourth-order valence-corrected chi connectivity index (χ4v) is 1.80. The first kappa shape index (κ1) is 15.9. The highest BCUT2D eigenvalue weighted by Crippen LogP contribution is 2.10. The van der Waals surface area contributed by atoms with Gasteiger partial charge in [-0.2, -0.15) is 0 Å². The monoisotopic (exact) mass is 276 g/mol. The lowest BCUT2D eigenvalue weighted by molar-refractivity contribution is -0.134. The van der Waals surface area contributed by atoms with Gasteiger partial charge in [-0.1, -0.05) is 0 Å². The lowest BCUT2D eigenvalue weighted by Crippen LogP contribution is -2.41. The van der Waals surface area contributed by atoms with Gasteiger partial charge >= 0.3 is 0 Å². The van der Waals surface area contributed by atoms with Gasteiger partial charge in [0, 0.05) is 24.2 Å². The Morgan fingerprint density at radius 3 is 2.05 bits per heavy atom. The predicted octanol–water partition coefficient (Wildman–Crippen LogP) is 2.08. The van der Waals surface area contributed by atoms with E-state index in [2.05, 4.69) is 5.32 Å². The van der Waals surface area contributed by atoms with Gasteiger partial charge < -0.3 is 10.2 Å². The Bertz CT molecular complexity index is 506. The van der Waals surface area contributed by atoms with Gasteiger partial charge in [-0.3, -0.25) is 14.4 Å². The molecule has 0 bridgehead atoms. The van der Waals surface area contributed by atoms with E-state index in [1.807, 2.05) is 13.8 Å². The van der Waals surface area contributed by atoms with E-state index in [1.54, 1.807) is 24.3 Å². The van der Waals surface area contributed by atoms with E-state index in [0.29, 0.717) is 11.3 Å². The number of carbonyl (C=O) groups is 3. The zero-order valence-electron chi connectivity index (χ0n) is 12.3. The van der Waals surface area contributed by atoms with Crippen molar-refractivity contribution in [1.82, 2.24) is 4.90 Å². The predicted molar refractivity (Wildman–Crippen MR) is 77.6 cm³/mol. The van der Waals surface area contributed by atoms with E-state index in [9.17, 15) is 14.4 Å². The van der Waals surface area contributed by atoms with Crippen LogP contribution in [0.4, 0.5) is 5.69 Å². The normalized spacial score (nSPS) is 10.2. The molecule has 0 heterocycles. The van der Waals surface area contributed by atoms with E-state index in [1.165, 1.54) is 18.7 Å². The molecule has 0 saturated heterocycles. The molecular weight excluding hydrogens is 256 g/mol. The van der Waals surface area contributed by atoms with E-state index < -0.39 is 0 Å². The van der Waals surface area contributed by atoms with Crippen LogP contribution in [0.25, 0.3) is 0 Å². The van der Waals surface area contributed by atoms with Crippen molar-refractivity contribution < 1.29 is 14.4 Å². The van der Waals surface area contributed by atoms with Crippen molar-refractivity contribution in [3.63, 3.8) is 0 Å². The average Bonchev–Trinajstić information content (AvgIpc) is 2.35. The molecule has 0 spiro atoms. The lowest BCUT2D eigenvalue weighted by atomic mass is 10.1. The number of amides is 2. The maximum absolute atomic E-state index is 11.9. The molecule has 0 aliphatic heterocycles. The number of Topliss-reactive ketones (excluding diaryl/α,β-unsaturated/α-hetero) is 1. The van der Waals surface area contributed by atoms with Gasteiger partial charge in [-0.25, -0.2) is 0 Å². The van der Waals surface area contributed by atoms with Gasteiger partial charge in [0.2, 0.25) is 11.8 Å². The van der Waals surface area contributed by atoms with Crippen LogP contribution in [0, 0.1) is 0 Å². The molecule has 0 fully saturated rings. The molecule has 1 aromatic rings. The third-order valence-corrected chi connectivity index (χ3v) is 2.92. The number of ketones is 1. The molecule has 0 radical (unpaired) electrons. The van der Waals surface area contributed by atoms with Crippen LogP contribution >= 0.6 is 0 Å². The second-order valence-corrected chi connectivity index (χ2v) is 4.92. The molecule has 0 aliphatic carbocycles. The van der Waals surface area contributed by atoms with Crippen molar-refractivity contribution in [3.8, 4) is 0 Å². The highest BCUT2D eigenvalue weighted by molar-refractivity contribution is 5.96. The summed E-state index contributed by atoms with van der Waals surface area (Å²) in [6, 6.07) is 6.62. The molecule has 108 valence electrons. The SMILES string of the molecule is CC(=O)c1ccc(NC(=O)CN(C(C)=O)C(C)C)cc1. The summed E-state index contributed by atoms with van der Waals surface area (Å²) >= 11 is 0. The fraction of sp³-hybridized carbons (Fsp3) is 0.400. The van der Waals surface area contributed by atoms with Crippen LogP contribution in [0.1, 0.15) is 38.1 Å². The van der Waals surface area contributed by atoms with Gasteiger partial charge in [0.25, 0.3) is 0 Å². The van der Waals surface area contributed by atoms with Crippen LogP contribution < -0.4 is 5.32 Å². The molecule has 1 aromatic carbocycles. The maximum atomic E-state index is 11.9. The minimum absolute atomic E-state index is 0.0153. The number of benzene rings is 1. The second-order valence-electron chi connectivity index (χ2n) is 4.92. The molecule has 0 aliphatic rings. The zero-order chi connectivity index (χ0) is 15.3. The first-order chi connectivity index (χ1) is 9.31. The summed E-state index contributed by atoms with van der Waals surface area (Å²) in [5.41, 5.74) is 1.20. The van der Waals surface area contributed by atoms with Gasteiger partial charge in [0.15, 0.2) is 5.78 Å². The van der Waals surface area contributed by atoms with Crippen molar-refractivity contribution in [1.29, 1.82) is 0 Å². The van der Waals surface area contributed by atoms with Gasteiger partial charge in [0.1, 0.15) is 6.54 Å². The largest absolute Gasteiger partial charge is 0.331 e. The van der Waals surface area contributed by atoms with Crippen LogP contribution in [0.5, 0.6) is 0 Å². The molecule has 0 aromatic heterocycles. The highest BCUT2D eigenvalue weighted by atomic mass is 16.2. The molecule has 2 amide bonds. The van der Waals surface area contributed by atoms with E-state index >= 15 is 0 Å². The molecule has 1 N–H and O–H groups in total. The Morgan fingerprint density at radius 2 is 1.65 bits per heavy atom. The summed E-state index contributed by atoms with van der Waals surface area (Å²) in [5.74, 6) is -0.419. The first-order valence-electron chi connectivity index (χ1n) is 6.49. The molecular formula is C15H20N2O3. The standard InChI is InChI=1S/C15H20N2O3/c1-10(2)17(12(4)19)9-15(20)16-14-7-5-13(6-8-14)11(3)18/h5-8,10H,9H2,1-4H3,(H,16,20). The third kappa shape index (κ3) is 4.50. The number of nitrogens with one attached hydrogen (secondary N) is 1. The Morgan fingerprint density at radius 1 is 1.10 bits per heavy atom. The lowest BCUT2D eigenvalue weighted by Gasteiger charge is -2.24. The van der Waals surface area contributed by atoms with Crippen LogP contribution in [0.3, 0.4) is 0 Å². The Hall–Kier alpha value is -2.17. The Kier molecular flexibility index (Phi) is 5.43. The second kappa shape index (κ2) is 6.84. The molecule has 5 nitrogen and oxygen atoms in total. The first-order valence-corrected chi connectivity index (χ1v) is 6.49. The number of hydrogen-bond acceptors (Lipinski definition) is 3. The van der Waals surface area contributed by atoms with Crippen LogP contribution in [0.15, 0.2) is 24.3 Å². The summed E-state index contributed by atoms with van der Waals surface area (Å²) < 4.78 is 0. The molecule has 1 rings (SSSR count). The van der Waals surface area contributed by atoms with Crippen LogP contribution in [-0.2, 0) is 9.59 Å². The summed E-state index contributed by atoms with van der Waals surface area (Å²) in [7, 11) is 0.